The number of imide groups is 1. The van der Waals surface area contributed by atoms with Crippen LogP contribution in [0.25, 0.3) is 0 Å². The van der Waals surface area contributed by atoms with Crippen LogP contribution < -0.4 is 5.32 Å². The number of halogens is 1. The van der Waals surface area contributed by atoms with Crippen molar-refractivity contribution in [3.63, 3.8) is 0 Å². The predicted octanol–water partition coefficient (Wildman–Crippen LogP) is 2.41. The molecule has 2 aliphatic heterocycles. The van der Waals surface area contributed by atoms with Crippen molar-refractivity contribution in [2.75, 3.05) is 5.75 Å². The number of carbonyl (C=O) groups is 2. The fourth-order valence-corrected chi connectivity index (χ4v) is 3.87. The SMILES string of the molecule is O=C1NC(=O)C2(CCSc3cc(Br)ccc32)O1. The summed E-state index contributed by atoms with van der Waals surface area (Å²) in [6, 6.07) is 5.63. The number of amides is 2. The average molecular weight is 314 g/mol. The second-order valence-corrected chi connectivity index (χ2v) is 5.96. The Bertz CT molecular complexity index is 533. The molecule has 2 aliphatic rings. The molecule has 1 aromatic carbocycles. The maximum Gasteiger partial charge on any atom is 0.415 e. The van der Waals surface area contributed by atoms with Gasteiger partial charge in [0.25, 0.3) is 5.91 Å². The van der Waals surface area contributed by atoms with E-state index in [1.165, 1.54) is 0 Å². The van der Waals surface area contributed by atoms with Gasteiger partial charge in [-0.3, -0.25) is 10.1 Å². The summed E-state index contributed by atoms with van der Waals surface area (Å²) in [6.45, 7) is 0. The first-order chi connectivity index (χ1) is 8.12. The molecule has 1 atom stereocenters. The predicted molar refractivity (Wildman–Crippen MR) is 65.8 cm³/mol. The first-order valence-electron chi connectivity index (χ1n) is 5.09. The van der Waals surface area contributed by atoms with Gasteiger partial charge in [-0.1, -0.05) is 22.0 Å². The molecule has 3 rings (SSSR count). The molecular formula is C11H8BrNO3S. The normalized spacial score (nSPS) is 26.6. The van der Waals surface area contributed by atoms with E-state index in [-0.39, 0.29) is 5.91 Å². The highest BCUT2D eigenvalue weighted by atomic mass is 79.9. The van der Waals surface area contributed by atoms with E-state index in [9.17, 15) is 9.59 Å². The average Bonchev–Trinajstić information content (AvgIpc) is 2.54. The summed E-state index contributed by atoms with van der Waals surface area (Å²) in [4.78, 5) is 24.1. The zero-order valence-corrected chi connectivity index (χ0v) is 11.1. The summed E-state index contributed by atoms with van der Waals surface area (Å²) in [5, 5.41) is 2.21. The Balaban J connectivity index is 2.17. The molecule has 6 heteroatoms. The number of hydrogen-bond donors (Lipinski definition) is 1. The summed E-state index contributed by atoms with van der Waals surface area (Å²) in [7, 11) is 0. The van der Waals surface area contributed by atoms with Gasteiger partial charge in [-0.15, -0.1) is 11.8 Å². The van der Waals surface area contributed by atoms with Gasteiger partial charge in [0, 0.05) is 27.1 Å². The van der Waals surface area contributed by atoms with Crippen molar-refractivity contribution in [1.29, 1.82) is 0 Å². The number of nitrogens with one attached hydrogen (secondary N) is 1. The maximum absolute atomic E-state index is 11.9. The van der Waals surface area contributed by atoms with E-state index in [1.54, 1.807) is 11.8 Å². The standard InChI is InChI=1S/C11H8BrNO3S/c12-6-1-2-7-8(5-6)17-4-3-11(7)9(14)13-10(15)16-11/h1-2,5H,3-4H2,(H,13,14,15). The van der Waals surface area contributed by atoms with Gasteiger partial charge in [0.1, 0.15) is 0 Å². The van der Waals surface area contributed by atoms with Gasteiger partial charge in [0.15, 0.2) is 0 Å². The zero-order chi connectivity index (χ0) is 12.0. The molecule has 0 bridgehead atoms. The molecule has 0 aliphatic carbocycles. The zero-order valence-electron chi connectivity index (χ0n) is 8.66. The second-order valence-electron chi connectivity index (χ2n) is 3.91. The lowest BCUT2D eigenvalue weighted by Gasteiger charge is -2.30. The molecule has 0 radical (unpaired) electrons. The highest BCUT2D eigenvalue weighted by molar-refractivity contribution is 9.10. The highest BCUT2D eigenvalue weighted by Crippen LogP contribution is 2.45. The largest absolute Gasteiger partial charge is 0.427 e. The van der Waals surface area contributed by atoms with Gasteiger partial charge in [-0.2, -0.15) is 0 Å². The van der Waals surface area contributed by atoms with Gasteiger partial charge in [0.2, 0.25) is 5.60 Å². The fraction of sp³-hybridized carbons (Fsp3) is 0.273. The van der Waals surface area contributed by atoms with E-state index in [1.807, 2.05) is 18.2 Å². The quantitative estimate of drug-likeness (QED) is 0.799. The van der Waals surface area contributed by atoms with Gasteiger partial charge < -0.3 is 4.74 Å². The first-order valence-corrected chi connectivity index (χ1v) is 6.87. The number of fused-ring (bicyclic) bond motifs is 2. The lowest BCUT2D eigenvalue weighted by molar-refractivity contribution is -0.132. The minimum Gasteiger partial charge on any atom is -0.427 e. The summed E-state index contributed by atoms with van der Waals surface area (Å²) >= 11 is 5.06. The van der Waals surface area contributed by atoms with Crippen molar-refractivity contribution in [1.82, 2.24) is 5.32 Å². The number of carbonyl (C=O) groups excluding carboxylic acids is 2. The van der Waals surface area contributed by atoms with Gasteiger partial charge >= 0.3 is 6.09 Å². The van der Waals surface area contributed by atoms with Crippen LogP contribution in [0.1, 0.15) is 12.0 Å². The summed E-state index contributed by atoms with van der Waals surface area (Å²) in [5.74, 6) is 0.399. The van der Waals surface area contributed by atoms with Crippen LogP contribution in [0.2, 0.25) is 0 Å². The monoisotopic (exact) mass is 313 g/mol. The number of rotatable bonds is 0. The van der Waals surface area contributed by atoms with Crippen molar-refractivity contribution in [2.45, 2.75) is 16.9 Å². The van der Waals surface area contributed by atoms with Crippen LogP contribution >= 0.6 is 27.7 Å². The smallest absolute Gasteiger partial charge is 0.415 e. The Morgan fingerprint density at radius 1 is 1.41 bits per heavy atom. The molecule has 4 nitrogen and oxygen atoms in total. The van der Waals surface area contributed by atoms with Crippen LogP contribution in [0, 0.1) is 0 Å². The third kappa shape index (κ3) is 1.58. The summed E-state index contributed by atoms with van der Waals surface area (Å²) < 4.78 is 6.19. The van der Waals surface area contributed by atoms with Crippen LogP contribution in [0.15, 0.2) is 27.6 Å². The Morgan fingerprint density at radius 2 is 2.24 bits per heavy atom. The van der Waals surface area contributed by atoms with Crippen LogP contribution in [-0.2, 0) is 15.1 Å². The van der Waals surface area contributed by atoms with E-state index >= 15 is 0 Å². The van der Waals surface area contributed by atoms with Crippen LogP contribution in [0.3, 0.4) is 0 Å². The topological polar surface area (TPSA) is 55.4 Å². The van der Waals surface area contributed by atoms with Crippen LogP contribution in [-0.4, -0.2) is 17.8 Å². The molecule has 0 aromatic heterocycles. The Morgan fingerprint density at radius 3 is 2.94 bits per heavy atom. The Kier molecular flexibility index (Phi) is 2.45. The second kappa shape index (κ2) is 3.74. The van der Waals surface area contributed by atoms with Gasteiger partial charge in [-0.25, -0.2) is 4.79 Å². The number of benzene rings is 1. The van der Waals surface area contributed by atoms with Gasteiger partial charge in [-0.05, 0) is 12.1 Å². The molecule has 0 saturated carbocycles. The molecule has 1 spiro atoms. The van der Waals surface area contributed by atoms with Crippen molar-refractivity contribution in [3.05, 3.63) is 28.2 Å². The molecule has 17 heavy (non-hydrogen) atoms. The molecule has 1 saturated heterocycles. The van der Waals surface area contributed by atoms with E-state index in [2.05, 4.69) is 21.2 Å². The molecule has 1 unspecified atom stereocenters. The molecule has 1 aromatic rings. The number of hydrogen-bond acceptors (Lipinski definition) is 4. The van der Waals surface area contributed by atoms with Crippen LogP contribution in [0.5, 0.6) is 0 Å². The van der Waals surface area contributed by atoms with Crippen molar-refractivity contribution in [3.8, 4) is 0 Å². The Labute approximate surface area is 110 Å². The first kappa shape index (κ1) is 11.1. The minimum atomic E-state index is -1.11. The van der Waals surface area contributed by atoms with E-state index in [0.29, 0.717) is 6.42 Å². The molecule has 2 amide bonds. The maximum atomic E-state index is 11.9. The highest BCUT2D eigenvalue weighted by Gasteiger charge is 2.52. The third-order valence-corrected chi connectivity index (χ3v) is 4.49. The molecule has 2 heterocycles. The minimum absolute atomic E-state index is 0.355. The van der Waals surface area contributed by atoms with Crippen molar-refractivity contribution >= 4 is 39.7 Å². The number of ether oxygens (including phenoxy) is 1. The third-order valence-electron chi connectivity index (χ3n) is 2.94. The van der Waals surface area contributed by atoms with Gasteiger partial charge in [0.05, 0.1) is 0 Å². The molecule has 1 N–H and O–H groups in total. The van der Waals surface area contributed by atoms with Crippen molar-refractivity contribution < 1.29 is 14.3 Å². The van der Waals surface area contributed by atoms with E-state index < -0.39 is 11.7 Å². The molecular weight excluding hydrogens is 306 g/mol. The number of thioether (sulfide) groups is 1. The lowest BCUT2D eigenvalue weighted by atomic mass is 9.90. The van der Waals surface area contributed by atoms with Crippen LogP contribution in [0.4, 0.5) is 4.79 Å². The molecule has 88 valence electrons. The summed E-state index contributed by atoms with van der Waals surface area (Å²) in [5.41, 5.74) is -0.335. The summed E-state index contributed by atoms with van der Waals surface area (Å²) in [6.07, 6.45) is -0.139. The van der Waals surface area contributed by atoms with Crippen molar-refractivity contribution in [2.24, 2.45) is 0 Å². The Hall–Kier alpha value is -1.01. The van der Waals surface area contributed by atoms with E-state index in [0.717, 1.165) is 20.7 Å². The number of alkyl carbamates (subject to hydrolysis) is 1. The molecule has 1 fully saturated rings. The fourth-order valence-electron chi connectivity index (χ4n) is 2.15. The van der Waals surface area contributed by atoms with E-state index in [4.69, 9.17) is 4.74 Å². The lowest BCUT2D eigenvalue weighted by Crippen LogP contribution is -2.39.